The molecule has 0 N–H and O–H groups in total. The molecule has 70 valence electrons. The predicted octanol–water partition coefficient (Wildman–Crippen LogP) is 2.39. The van der Waals surface area contributed by atoms with Crippen molar-refractivity contribution in [3.8, 4) is 0 Å². The van der Waals surface area contributed by atoms with Crippen molar-refractivity contribution >= 4 is 0 Å². The van der Waals surface area contributed by atoms with Gasteiger partial charge in [0.05, 0.1) is 0 Å². The van der Waals surface area contributed by atoms with Gasteiger partial charge in [0.25, 0.3) is 0 Å². The van der Waals surface area contributed by atoms with Gasteiger partial charge in [-0.15, -0.1) is 0 Å². The maximum Gasteiger partial charge on any atom is 0.131 e. The van der Waals surface area contributed by atoms with Crippen molar-refractivity contribution in [2.75, 3.05) is 7.05 Å². The minimum absolute atomic E-state index is 0.000602. The van der Waals surface area contributed by atoms with Gasteiger partial charge in [0.15, 0.2) is 0 Å². The van der Waals surface area contributed by atoms with E-state index in [1.807, 2.05) is 20.9 Å². The second-order valence-electron chi connectivity index (χ2n) is 3.94. The van der Waals surface area contributed by atoms with Crippen LogP contribution in [0.25, 0.3) is 0 Å². The van der Waals surface area contributed by atoms with Gasteiger partial charge in [0.2, 0.25) is 0 Å². The number of benzene rings is 1. The molecule has 0 amide bonds. The minimum atomic E-state index is -0.000602. The fraction of sp³-hybridized carbons (Fsp3) is 0.455. The third-order valence-electron chi connectivity index (χ3n) is 2.83. The Bertz CT molecular complexity index is 358. The molecule has 0 radical (unpaired) electrons. The molecule has 0 unspecified atom stereocenters. The van der Waals surface area contributed by atoms with Crippen molar-refractivity contribution in [2.45, 2.75) is 26.9 Å². The van der Waals surface area contributed by atoms with Crippen LogP contribution in [-0.4, -0.2) is 11.9 Å². The molecule has 1 nitrogen and oxygen atoms in total. The summed E-state index contributed by atoms with van der Waals surface area (Å²) < 4.78 is 13.7. The van der Waals surface area contributed by atoms with Crippen molar-refractivity contribution in [1.82, 2.24) is 4.90 Å². The van der Waals surface area contributed by atoms with Gasteiger partial charge in [-0.05, 0) is 37.6 Å². The molecule has 1 heterocycles. The quantitative estimate of drug-likeness (QED) is 0.591. The Labute approximate surface area is 78.2 Å². The molecule has 0 bridgehead atoms. The highest BCUT2D eigenvalue weighted by Gasteiger charge is 2.21. The molecule has 1 aliphatic rings. The zero-order chi connectivity index (χ0) is 9.59. The first kappa shape index (κ1) is 8.70. The summed E-state index contributed by atoms with van der Waals surface area (Å²) in [7, 11) is 2.02. The van der Waals surface area contributed by atoms with Crippen LogP contribution in [0.15, 0.2) is 6.07 Å². The van der Waals surface area contributed by atoms with Gasteiger partial charge < -0.3 is 0 Å². The summed E-state index contributed by atoms with van der Waals surface area (Å²) in [5.41, 5.74) is 3.91. The molecule has 0 fully saturated rings. The molecule has 2 rings (SSSR count). The molecule has 0 atom stereocenters. The van der Waals surface area contributed by atoms with Gasteiger partial charge in [-0.2, -0.15) is 0 Å². The van der Waals surface area contributed by atoms with E-state index in [1.165, 1.54) is 0 Å². The molecule has 0 aromatic heterocycles. The third-order valence-corrected chi connectivity index (χ3v) is 2.83. The van der Waals surface area contributed by atoms with Crippen LogP contribution in [0, 0.1) is 19.7 Å². The Morgan fingerprint density at radius 3 is 2.69 bits per heavy atom. The lowest BCUT2D eigenvalue weighted by atomic mass is 10.0. The molecule has 1 aromatic rings. The first-order valence-electron chi connectivity index (χ1n) is 4.55. The van der Waals surface area contributed by atoms with E-state index in [4.69, 9.17) is 0 Å². The average molecular weight is 179 g/mol. The summed E-state index contributed by atoms with van der Waals surface area (Å²) in [6, 6.07) is 2.11. The Morgan fingerprint density at radius 2 is 2.00 bits per heavy atom. The largest absolute Gasteiger partial charge is 0.298 e. The van der Waals surface area contributed by atoms with Crippen LogP contribution in [0.3, 0.4) is 0 Å². The number of aryl methyl sites for hydroxylation is 1. The molecule has 1 aromatic carbocycles. The van der Waals surface area contributed by atoms with E-state index in [0.717, 1.165) is 35.3 Å². The smallest absolute Gasteiger partial charge is 0.131 e. The van der Waals surface area contributed by atoms with E-state index in [1.54, 1.807) is 0 Å². The lowest BCUT2D eigenvalue weighted by Gasteiger charge is -2.06. The summed E-state index contributed by atoms with van der Waals surface area (Å²) in [5.74, 6) is -0.000602. The fourth-order valence-corrected chi connectivity index (χ4v) is 1.93. The van der Waals surface area contributed by atoms with Crippen LogP contribution < -0.4 is 0 Å². The molecule has 2 heteroatoms. The molecular formula is C11H14FN. The van der Waals surface area contributed by atoms with Crippen LogP contribution in [0.2, 0.25) is 0 Å². The highest BCUT2D eigenvalue weighted by molar-refractivity contribution is 5.40. The maximum absolute atomic E-state index is 13.7. The number of fused-ring (bicyclic) bond motifs is 1. The van der Waals surface area contributed by atoms with Crippen LogP contribution in [-0.2, 0) is 13.1 Å². The normalized spacial score (nSPS) is 16.3. The number of hydrogen-bond donors (Lipinski definition) is 0. The van der Waals surface area contributed by atoms with Crippen molar-refractivity contribution in [3.63, 3.8) is 0 Å². The minimum Gasteiger partial charge on any atom is -0.298 e. The van der Waals surface area contributed by atoms with Crippen molar-refractivity contribution in [1.29, 1.82) is 0 Å². The van der Waals surface area contributed by atoms with Crippen LogP contribution in [0.4, 0.5) is 4.39 Å². The van der Waals surface area contributed by atoms with Gasteiger partial charge in [-0.25, -0.2) is 4.39 Å². The van der Waals surface area contributed by atoms with Gasteiger partial charge in [0, 0.05) is 18.7 Å². The van der Waals surface area contributed by atoms with E-state index in [-0.39, 0.29) is 5.82 Å². The highest BCUT2D eigenvalue weighted by Crippen LogP contribution is 2.27. The standard InChI is InChI=1S/C11H14FN/c1-7-4-9-5-13(3)6-10(9)11(12)8(7)2/h4H,5-6H2,1-3H3. The molecule has 1 aliphatic heterocycles. The first-order chi connectivity index (χ1) is 6.09. The van der Waals surface area contributed by atoms with Crippen molar-refractivity contribution in [3.05, 3.63) is 34.1 Å². The Hall–Kier alpha value is -0.890. The van der Waals surface area contributed by atoms with Gasteiger partial charge in [-0.3, -0.25) is 4.90 Å². The first-order valence-corrected chi connectivity index (χ1v) is 4.55. The van der Waals surface area contributed by atoms with E-state index in [9.17, 15) is 4.39 Å². The van der Waals surface area contributed by atoms with Gasteiger partial charge >= 0.3 is 0 Å². The molecular weight excluding hydrogens is 165 g/mol. The Balaban J connectivity index is 2.60. The summed E-state index contributed by atoms with van der Waals surface area (Å²) in [6.07, 6.45) is 0. The number of rotatable bonds is 0. The maximum atomic E-state index is 13.7. The third kappa shape index (κ3) is 1.25. The molecule has 0 saturated carbocycles. The summed E-state index contributed by atoms with van der Waals surface area (Å²) in [4.78, 5) is 2.13. The topological polar surface area (TPSA) is 3.24 Å². The second-order valence-corrected chi connectivity index (χ2v) is 3.94. The lowest BCUT2D eigenvalue weighted by Crippen LogP contribution is -2.07. The van der Waals surface area contributed by atoms with Crippen LogP contribution in [0.1, 0.15) is 22.3 Å². The summed E-state index contributed by atoms with van der Waals surface area (Å²) >= 11 is 0. The molecule has 0 saturated heterocycles. The van der Waals surface area contributed by atoms with E-state index in [2.05, 4.69) is 11.0 Å². The Kier molecular flexibility index (Phi) is 1.88. The number of nitrogens with zero attached hydrogens (tertiary/aromatic N) is 1. The van der Waals surface area contributed by atoms with E-state index in [0.29, 0.717) is 0 Å². The molecule has 0 spiro atoms. The van der Waals surface area contributed by atoms with Crippen LogP contribution >= 0.6 is 0 Å². The second kappa shape index (κ2) is 2.81. The van der Waals surface area contributed by atoms with Crippen molar-refractivity contribution < 1.29 is 4.39 Å². The predicted molar refractivity (Wildman–Crippen MR) is 51.0 cm³/mol. The zero-order valence-electron chi connectivity index (χ0n) is 8.32. The Morgan fingerprint density at radius 1 is 1.31 bits per heavy atom. The molecule has 0 aliphatic carbocycles. The highest BCUT2D eigenvalue weighted by atomic mass is 19.1. The number of hydrogen-bond acceptors (Lipinski definition) is 1. The lowest BCUT2D eigenvalue weighted by molar-refractivity contribution is 0.350. The van der Waals surface area contributed by atoms with E-state index < -0.39 is 0 Å². The molecule has 13 heavy (non-hydrogen) atoms. The monoisotopic (exact) mass is 179 g/mol. The fourth-order valence-electron chi connectivity index (χ4n) is 1.93. The van der Waals surface area contributed by atoms with Gasteiger partial charge in [-0.1, -0.05) is 6.07 Å². The van der Waals surface area contributed by atoms with E-state index >= 15 is 0 Å². The zero-order valence-corrected chi connectivity index (χ0v) is 8.32. The number of halogens is 1. The van der Waals surface area contributed by atoms with Crippen molar-refractivity contribution in [2.24, 2.45) is 0 Å². The summed E-state index contributed by atoms with van der Waals surface area (Å²) in [6.45, 7) is 5.45. The van der Waals surface area contributed by atoms with Crippen LogP contribution in [0.5, 0.6) is 0 Å². The SMILES string of the molecule is Cc1cc2c(c(F)c1C)CN(C)C2. The van der Waals surface area contributed by atoms with Gasteiger partial charge in [0.1, 0.15) is 5.82 Å². The summed E-state index contributed by atoms with van der Waals surface area (Å²) in [5, 5.41) is 0. The average Bonchev–Trinajstić information content (AvgIpc) is 2.42.